The number of aliphatic carboxylic acids is 1. The second kappa shape index (κ2) is 35.9. The van der Waals surface area contributed by atoms with Crippen LogP contribution in [0.25, 0.3) is 6.08 Å². The van der Waals surface area contributed by atoms with Gasteiger partial charge in [0.2, 0.25) is 0 Å². The third-order valence-electron chi connectivity index (χ3n) is 10.7. The third-order valence-corrected chi connectivity index (χ3v) is 11.7. The van der Waals surface area contributed by atoms with Gasteiger partial charge in [-0.3, -0.25) is 0 Å². The SMILES string of the molecule is CN1CCN(C)Cc2cc(C(C)(C)C)cc(c2[S-])CN(C)CCN(C)CCN(C)Cc2cc(C(C)(C)C)cc(c2[S-])CN(C)CC1.O=C(O)/C=C/c1ccccc1.[Co+2].[Co+3].[O-][Cl+3]([O-])([O-])[O-].[O-][Cl+3]([O-])([O-])[O-].[O-][Cl+3]([O-])([O-])[O-]. The Balaban J connectivity index is -0.00000146. The maximum absolute atomic E-state index is 10.1. The summed E-state index contributed by atoms with van der Waals surface area (Å²) in [6.07, 6.45) is 2.68. The molecule has 425 valence electrons. The molecule has 3 aromatic rings. The van der Waals surface area contributed by atoms with Gasteiger partial charge < -0.3 is 59.8 Å². The van der Waals surface area contributed by atoms with Gasteiger partial charge in [-0.05, 0) is 75.9 Å². The van der Waals surface area contributed by atoms with Crippen molar-refractivity contribution in [1.29, 1.82) is 0 Å². The minimum atomic E-state index is -4.94. The van der Waals surface area contributed by atoms with Crippen LogP contribution in [-0.2, 0) is 101 Å². The number of hydrogen-bond donors (Lipinski definition) is 1. The molecule has 1 heterocycles. The molecule has 4 bridgehead atoms. The predicted molar refractivity (Wildman–Crippen MR) is 245 cm³/mol. The van der Waals surface area contributed by atoms with E-state index < -0.39 is 36.7 Å². The normalized spacial score (nSPS) is 16.4. The van der Waals surface area contributed by atoms with Crippen molar-refractivity contribution in [2.45, 2.75) is 88.3 Å². The molecular weight excluding hydrogens is 1160 g/mol. The Kier molecular flexibility index (Phi) is 37.2. The minimum absolute atomic E-state index is 0. The molecule has 0 spiro atoms. The molecule has 0 aromatic heterocycles. The summed E-state index contributed by atoms with van der Waals surface area (Å²) in [6, 6.07) is 18.8. The van der Waals surface area contributed by atoms with Crippen LogP contribution in [0.4, 0.5) is 0 Å². The van der Waals surface area contributed by atoms with Gasteiger partial charge in [0, 0.05) is 84.6 Å². The molecule has 27 heteroatoms. The predicted octanol–water partition coefficient (Wildman–Crippen LogP) is -7.09. The Bertz CT molecular complexity index is 1870. The molecule has 0 atom stereocenters. The average molecular weight is 1230 g/mol. The topological polar surface area (TPSA) is 333 Å². The number of carbonyl (C=O) groups is 1. The standard InChI is InChI=1S/C38H66N6S2.C9H8O2.3ClHO4.2Co/c1-37(2,3)33-21-29-25-41(9)17-13-39(7)15-19-43(11)27-31-23-34(38(4,5)6)24-32(36(31)46)28-44(12)20-16-40(8)14-18-42(10)26-30(22-33)35(29)45;10-9(11)7-6-8-4-2-1-3-5-8;3*2-1(3,4)5;;/h21-24,45-46H,13-20,25-28H2,1-12H3;1-7H,(H,10,11);3*(H,2,3,4,5);;/q;;;;;+2;+3/p-5/b;7-6+;;;;;. The molecule has 4 rings (SSSR count). The van der Waals surface area contributed by atoms with Gasteiger partial charge in [-0.1, -0.05) is 118 Å². The summed E-state index contributed by atoms with van der Waals surface area (Å²) in [7, 11) is -1.44. The maximum atomic E-state index is 10.1. The van der Waals surface area contributed by atoms with Crippen molar-refractivity contribution in [1.82, 2.24) is 29.4 Å². The van der Waals surface area contributed by atoms with Crippen molar-refractivity contribution in [3.63, 3.8) is 0 Å². The fraction of sp³-hybridized carbons (Fsp3) is 0.553. The van der Waals surface area contributed by atoms with E-state index in [1.54, 1.807) is 6.08 Å². The largest absolute Gasteiger partial charge is 3.00 e. The number of carboxylic acids is 1. The van der Waals surface area contributed by atoms with Gasteiger partial charge in [-0.2, -0.15) is 9.79 Å². The van der Waals surface area contributed by atoms with Crippen molar-refractivity contribution >= 4 is 37.3 Å². The molecule has 20 nitrogen and oxygen atoms in total. The summed E-state index contributed by atoms with van der Waals surface area (Å²) < 4.78 is 102. The van der Waals surface area contributed by atoms with E-state index in [0.717, 1.165) is 100.0 Å². The van der Waals surface area contributed by atoms with Crippen LogP contribution in [0.15, 0.2) is 70.5 Å². The molecule has 1 radical (unpaired) electrons. The molecule has 1 N–H and O–H groups in total. The van der Waals surface area contributed by atoms with Crippen LogP contribution >= 0.6 is 0 Å². The van der Waals surface area contributed by atoms with Crippen LogP contribution in [0.5, 0.6) is 0 Å². The van der Waals surface area contributed by atoms with E-state index in [1.807, 2.05) is 30.3 Å². The first-order chi connectivity index (χ1) is 32.6. The van der Waals surface area contributed by atoms with Gasteiger partial charge in [0.15, 0.2) is 0 Å². The van der Waals surface area contributed by atoms with Gasteiger partial charge in [0.1, 0.15) is 0 Å². The second-order valence-corrected chi connectivity index (χ2v) is 22.6. The molecule has 1 aliphatic rings. The Morgan fingerprint density at radius 1 is 0.486 bits per heavy atom. The van der Waals surface area contributed by atoms with Crippen LogP contribution in [0.3, 0.4) is 0 Å². The molecule has 1 aliphatic heterocycles. The Hall–Kier alpha value is -1.53. The number of hydrogen-bond acceptors (Lipinski definition) is 21. The monoisotopic (exact) mass is 1230 g/mol. The van der Waals surface area contributed by atoms with Gasteiger partial charge in [0.05, 0.1) is 0 Å². The van der Waals surface area contributed by atoms with Crippen molar-refractivity contribution in [3.8, 4) is 0 Å². The molecule has 3 aromatic carbocycles. The van der Waals surface area contributed by atoms with Crippen LogP contribution in [0.2, 0.25) is 0 Å². The first kappa shape index (κ1) is 76.7. The van der Waals surface area contributed by atoms with Crippen LogP contribution in [-0.4, -0.2) is 135 Å². The molecule has 74 heavy (non-hydrogen) atoms. The van der Waals surface area contributed by atoms with Gasteiger partial charge in [0.25, 0.3) is 0 Å². The summed E-state index contributed by atoms with van der Waals surface area (Å²) >= 11 is 12.3. The van der Waals surface area contributed by atoms with Crippen molar-refractivity contribution < 1.29 is 130 Å². The fourth-order valence-electron chi connectivity index (χ4n) is 6.64. The van der Waals surface area contributed by atoms with Crippen molar-refractivity contribution in [2.75, 3.05) is 94.6 Å². The second-order valence-electron chi connectivity index (χ2n) is 19.5. The number of halogens is 3. The van der Waals surface area contributed by atoms with E-state index in [-0.39, 0.29) is 44.4 Å². The summed E-state index contributed by atoms with van der Waals surface area (Å²) in [5.74, 6) is -0.922. The average Bonchev–Trinajstić information content (AvgIpc) is 3.20. The van der Waals surface area contributed by atoms with E-state index in [4.69, 9.17) is 86.3 Å². The number of nitrogens with zero attached hydrogens (tertiary/aromatic N) is 6. The van der Waals surface area contributed by atoms with E-state index in [0.29, 0.717) is 0 Å². The van der Waals surface area contributed by atoms with E-state index in [2.05, 4.69) is 137 Å². The quantitative estimate of drug-likeness (QED) is 0.184. The van der Waals surface area contributed by atoms with Crippen LogP contribution in [0.1, 0.15) is 80.5 Å². The summed E-state index contributed by atoms with van der Waals surface area (Å²) in [5, 5.41) is 8.29. The maximum Gasteiger partial charge on any atom is 3.00 e. The van der Waals surface area contributed by atoms with Gasteiger partial charge in [-0.15, -0.1) is 30.7 Å². The first-order valence-corrected chi connectivity index (χ1v) is 26.7. The first-order valence-electron chi connectivity index (χ1n) is 22.2. The summed E-state index contributed by atoms with van der Waals surface area (Å²) in [5.41, 5.74) is 8.91. The number of likely N-dealkylation sites (N-methyl/N-ethyl adjacent to an activating group) is 6. The molecule has 0 amide bonds. The van der Waals surface area contributed by atoms with Crippen LogP contribution < -0.4 is 55.9 Å². The van der Waals surface area contributed by atoms with E-state index >= 15 is 0 Å². The number of rotatable bonds is 2. The Labute approximate surface area is 476 Å². The van der Waals surface area contributed by atoms with E-state index in [9.17, 15) is 4.79 Å². The molecular formula is C47H72Cl3Co2N6O14S2. The summed E-state index contributed by atoms with van der Waals surface area (Å²) in [4.78, 5) is 26.8. The fourth-order valence-corrected chi connectivity index (χ4v) is 7.14. The molecule has 0 saturated carbocycles. The Morgan fingerprint density at radius 3 is 0.905 bits per heavy atom. The van der Waals surface area contributed by atoms with Crippen molar-refractivity contribution in [2.24, 2.45) is 0 Å². The number of benzene rings is 3. The molecule has 0 unspecified atom stereocenters. The zero-order valence-corrected chi connectivity index (χ0v) is 49.9. The third kappa shape index (κ3) is 40.7. The summed E-state index contributed by atoms with van der Waals surface area (Å²) in [6.45, 7) is 25.4. The van der Waals surface area contributed by atoms with Gasteiger partial charge in [-0.25, -0.2) is 60.7 Å². The van der Waals surface area contributed by atoms with Crippen LogP contribution in [0, 0.1) is 30.7 Å². The minimum Gasteiger partial charge on any atom is -0.779 e. The number of carboxylic acid groups (broad SMARTS) is 1. The van der Waals surface area contributed by atoms with Gasteiger partial charge >= 0.3 is 39.5 Å². The molecule has 0 fully saturated rings. The smallest absolute Gasteiger partial charge is 0.779 e. The number of fused-ring (bicyclic) bond motifs is 4. The molecule has 0 aliphatic carbocycles. The molecule has 0 saturated heterocycles. The Morgan fingerprint density at radius 2 is 0.703 bits per heavy atom. The van der Waals surface area contributed by atoms with E-state index in [1.165, 1.54) is 33.4 Å². The zero-order chi connectivity index (χ0) is 56.0. The zero-order valence-electron chi connectivity index (χ0n) is 43.9. The van der Waals surface area contributed by atoms with Crippen molar-refractivity contribution in [3.05, 3.63) is 99.6 Å².